The van der Waals surface area contributed by atoms with Gasteiger partial charge in [0.25, 0.3) is 10.1 Å². The van der Waals surface area contributed by atoms with Crippen molar-refractivity contribution >= 4 is 10.1 Å². The van der Waals surface area contributed by atoms with Gasteiger partial charge in [0.15, 0.2) is 0 Å². The first-order chi connectivity index (χ1) is 10.1. The predicted molar refractivity (Wildman–Crippen MR) is 77.3 cm³/mol. The van der Waals surface area contributed by atoms with E-state index in [1.807, 2.05) is 13.0 Å². The van der Waals surface area contributed by atoms with E-state index in [2.05, 4.69) is 0 Å². The number of hydrogen-bond acceptors (Lipinski definition) is 5. The van der Waals surface area contributed by atoms with E-state index >= 15 is 0 Å². The zero-order chi connectivity index (χ0) is 15.1. The fourth-order valence-electron chi connectivity index (χ4n) is 1.67. The Morgan fingerprint density at radius 2 is 1.86 bits per heavy atom. The molecular weight excluding hydrogens is 292 g/mol. The number of ether oxygens (including phenoxy) is 1. The highest BCUT2D eigenvalue weighted by atomic mass is 32.2. The second kappa shape index (κ2) is 7.40. The maximum atomic E-state index is 11.9. The van der Waals surface area contributed by atoms with E-state index in [4.69, 9.17) is 13.3 Å². The molecule has 1 heterocycles. The molecule has 0 saturated carbocycles. The highest BCUT2D eigenvalue weighted by molar-refractivity contribution is 7.86. The van der Waals surface area contributed by atoms with Crippen LogP contribution >= 0.6 is 0 Å². The number of benzene rings is 1. The van der Waals surface area contributed by atoms with Crippen LogP contribution in [0.2, 0.25) is 0 Å². The van der Waals surface area contributed by atoms with Crippen LogP contribution in [0.15, 0.2) is 52.0 Å². The lowest BCUT2D eigenvalue weighted by atomic mass is 10.2. The molecule has 0 aliphatic carbocycles. The Kier molecular flexibility index (Phi) is 5.55. The molecule has 0 saturated heterocycles. The third-order valence-corrected chi connectivity index (χ3v) is 4.13. The molecule has 5 nitrogen and oxygen atoms in total. The molecule has 0 aliphatic heterocycles. The molecule has 0 bridgehead atoms. The molecule has 21 heavy (non-hydrogen) atoms. The fourth-order valence-corrected chi connectivity index (χ4v) is 2.61. The number of hydrogen-bond donors (Lipinski definition) is 0. The minimum Gasteiger partial charge on any atom is -0.467 e. The molecule has 0 unspecified atom stereocenters. The quantitative estimate of drug-likeness (QED) is 0.554. The van der Waals surface area contributed by atoms with E-state index in [0.29, 0.717) is 19.6 Å². The van der Waals surface area contributed by atoms with Crippen molar-refractivity contribution in [2.75, 3.05) is 13.2 Å². The molecule has 1 aromatic carbocycles. The first-order valence-corrected chi connectivity index (χ1v) is 8.05. The van der Waals surface area contributed by atoms with Gasteiger partial charge in [0.1, 0.15) is 12.4 Å². The highest BCUT2D eigenvalue weighted by Gasteiger charge is 2.14. The van der Waals surface area contributed by atoms with E-state index in [1.54, 1.807) is 24.5 Å². The normalized spacial score (nSPS) is 11.7. The number of furan rings is 1. The second-order valence-electron chi connectivity index (χ2n) is 4.57. The second-order valence-corrected chi connectivity index (χ2v) is 6.19. The molecule has 2 aromatic rings. The Labute approximate surface area is 124 Å². The summed E-state index contributed by atoms with van der Waals surface area (Å²) >= 11 is 0. The molecule has 0 amide bonds. The summed E-state index contributed by atoms with van der Waals surface area (Å²) in [7, 11) is -3.68. The Hall–Kier alpha value is -1.63. The summed E-state index contributed by atoms with van der Waals surface area (Å²) in [6, 6.07) is 10.2. The summed E-state index contributed by atoms with van der Waals surface area (Å²) in [6.07, 6.45) is 2.07. The van der Waals surface area contributed by atoms with Crippen LogP contribution in [0.5, 0.6) is 0 Å². The van der Waals surface area contributed by atoms with Crippen LogP contribution in [-0.4, -0.2) is 21.6 Å². The summed E-state index contributed by atoms with van der Waals surface area (Å²) < 4.78 is 39.2. The maximum absolute atomic E-state index is 11.9. The minimum absolute atomic E-state index is 0.0916. The van der Waals surface area contributed by atoms with Crippen molar-refractivity contribution in [1.82, 2.24) is 0 Å². The first kappa shape index (κ1) is 15.8. The fraction of sp³-hybridized carbons (Fsp3) is 0.333. The van der Waals surface area contributed by atoms with Crippen LogP contribution in [0.4, 0.5) is 0 Å². The maximum Gasteiger partial charge on any atom is 0.296 e. The molecule has 1 aromatic heterocycles. The minimum atomic E-state index is -3.68. The van der Waals surface area contributed by atoms with E-state index in [1.165, 1.54) is 12.1 Å². The molecule has 0 N–H and O–H groups in total. The zero-order valence-electron chi connectivity index (χ0n) is 11.8. The number of rotatable bonds is 8. The summed E-state index contributed by atoms with van der Waals surface area (Å²) in [5.74, 6) is 0.739. The van der Waals surface area contributed by atoms with Crippen molar-refractivity contribution in [1.29, 1.82) is 0 Å². The molecule has 0 radical (unpaired) electrons. The van der Waals surface area contributed by atoms with Gasteiger partial charge in [-0.05, 0) is 37.6 Å². The van der Waals surface area contributed by atoms with Crippen LogP contribution < -0.4 is 0 Å². The number of aryl methyl sites for hydroxylation is 1. The Balaban J connectivity index is 1.69. The Bertz CT molecular complexity index is 629. The Morgan fingerprint density at radius 1 is 1.10 bits per heavy atom. The molecular formula is C15H18O5S. The van der Waals surface area contributed by atoms with E-state index in [-0.39, 0.29) is 11.5 Å². The van der Waals surface area contributed by atoms with Gasteiger partial charge in [-0.15, -0.1) is 0 Å². The van der Waals surface area contributed by atoms with Crippen molar-refractivity contribution in [3.63, 3.8) is 0 Å². The summed E-state index contributed by atoms with van der Waals surface area (Å²) in [5, 5.41) is 0. The average Bonchev–Trinajstić information content (AvgIpc) is 2.96. The lowest BCUT2D eigenvalue weighted by Crippen LogP contribution is -2.09. The third-order valence-electron chi connectivity index (χ3n) is 2.81. The molecule has 2 rings (SSSR count). The molecule has 0 atom stereocenters. The zero-order valence-corrected chi connectivity index (χ0v) is 12.6. The summed E-state index contributed by atoms with van der Waals surface area (Å²) in [6.45, 7) is 2.77. The summed E-state index contributed by atoms with van der Waals surface area (Å²) in [4.78, 5) is 0.171. The monoisotopic (exact) mass is 310 g/mol. The SMILES string of the molecule is Cc1ccc(S(=O)(=O)OCCCOCc2ccco2)cc1. The third kappa shape index (κ3) is 5.00. The van der Waals surface area contributed by atoms with Crippen LogP contribution in [0.1, 0.15) is 17.7 Å². The first-order valence-electron chi connectivity index (χ1n) is 6.64. The van der Waals surface area contributed by atoms with Crippen LogP contribution in [0.3, 0.4) is 0 Å². The topological polar surface area (TPSA) is 65.7 Å². The van der Waals surface area contributed by atoms with Crippen LogP contribution in [0.25, 0.3) is 0 Å². The van der Waals surface area contributed by atoms with E-state index in [9.17, 15) is 8.42 Å². The van der Waals surface area contributed by atoms with Gasteiger partial charge in [0.2, 0.25) is 0 Å². The lowest BCUT2D eigenvalue weighted by molar-refractivity contribution is 0.0950. The van der Waals surface area contributed by atoms with Crippen molar-refractivity contribution in [3.05, 3.63) is 54.0 Å². The van der Waals surface area contributed by atoms with Gasteiger partial charge < -0.3 is 9.15 Å². The lowest BCUT2D eigenvalue weighted by Gasteiger charge is -2.06. The summed E-state index contributed by atoms with van der Waals surface area (Å²) in [5.41, 5.74) is 1.00. The van der Waals surface area contributed by atoms with Crippen molar-refractivity contribution < 1.29 is 21.8 Å². The van der Waals surface area contributed by atoms with Gasteiger partial charge in [0, 0.05) is 6.61 Å². The van der Waals surface area contributed by atoms with Gasteiger partial charge in [-0.1, -0.05) is 17.7 Å². The Morgan fingerprint density at radius 3 is 2.52 bits per heavy atom. The van der Waals surface area contributed by atoms with Crippen LogP contribution in [-0.2, 0) is 25.6 Å². The van der Waals surface area contributed by atoms with E-state index < -0.39 is 10.1 Å². The molecule has 0 aliphatic rings. The highest BCUT2D eigenvalue weighted by Crippen LogP contribution is 2.13. The van der Waals surface area contributed by atoms with Crippen molar-refractivity contribution in [2.45, 2.75) is 24.8 Å². The van der Waals surface area contributed by atoms with Gasteiger partial charge in [-0.3, -0.25) is 4.18 Å². The van der Waals surface area contributed by atoms with Gasteiger partial charge in [-0.2, -0.15) is 8.42 Å². The molecule has 0 spiro atoms. The van der Waals surface area contributed by atoms with Crippen molar-refractivity contribution in [2.24, 2.45) is 0 Å². The molecule has 114 valence electrons. The van der Waals surface area contributed by atoms with Crippen LogP contribution in [0, 0.1) is 6.92 Å². The smallest absolute Gasteiger partial charge is 0.296 e. The van der Waals surface area contributed by atoms with Gasteiger partial charge in [0.05, 0.1) is 17.8 Å². The molecule has 0 fully saturated rings. The van der Waals surface area contributed by atoms with E-state index in [0.717, 1.165) is 11.3 Å². The largest absolute Gasteiger partial charge is 0.467 e. The van der Waals surface area contributed by atoms with Gasteiger partial charge in [-0.25, -0.2) is 0 Å². The van der Waals surface area contributed by atoms with Gasteiger partial charge >= 0.3 is 0 Å². The molecule has 6 heteroatoms. The average molecular weight is 310 g/mol. The van der Waals surface area contributed by atoms with Crippen molar-refractivity contribution in [3.8, 4) is 0 Å². The predicted octanol–water partition coefficient (Wildman–Crippen LogP) is 2.90. The standard InChI is InChI=1S/C15H18O5S/c1-13-5-7-15(8-6-13)21(16,17)20-11-3-9-18-12-14-4-2-10-19-14/h2,4-8,10H,3,9,11-12H2,1H3.